The summed E-state index contributed by atoms with van der Waals surface area (Å²) in [6.07, 6.45) is 1.20. The number of benzene rings is 1. The number of carbonyl (C=O) groups is 2. The third-order valence-corrected chi connectivity index (χ3v) is 2.87. The van der Waals surface area contributed by atoms with Crippen molar-refractivity contribution in [3.05, 3.63) is 35.0 Å². The van der Waals surface area contributed by atoms with E-state index in [1.54, 1.807) is 32.0 Å². The van der Waals surface area contributed by atoms with E-state index in [2.05, 4.69) is 5.32 Å². The minimum Gasteiger partial charge on any atom is -0.497 e. The molecule has 0 heterocycles. The van der Waals surface area contributed by atoms with Crippen molar-refractivity contribution in [2.75, 3.05) is 25.6 Å². The Hall–Kier alpha value is -2.21. The monoisotopic (exact) mass is 327 g/mol. The average molecular weight is 328 g/mol. The van der Waals surface area contributed by atoms with E-state index in [1.165, 1.54) is 13.3 Å². The lowest BCUT2D eigenvalue weighted by Crippen LogP contribution is -2.19. The molecular formula is C15H18ClNO5. The molecule has 6 nitrogen and oxygen atoms in total. The molecule has 1 N–H and O–H groups in total. The third-order valence-electron chi connectivity index (χ3n) is 2.54. The Morgan fingerprint density at radius 3 is 2.27 bits per heavy atom. The Bertz CT molecular complexity index is 551. The van der Waals surface area contributed by atoms with Crippen molar-refractivity contribution in [3.63, 3.8) is 0 Å². The highest BCUT2D eigenvalue weighted by atomic mass is 35.5. The van der Waals surface area contributed by atoms with Crippen molar-refractivity contribution in [2.24, 2.45) is 0 Å². The standard InChI is InChI=1S/C15H18ClNO5/c1-4-21-14(18)11(15(19)22-5-2)9-17-13-8-10(20-3)6-7-12(13)16/h6-9,17H,4-5H2,1-3H3. The van der Waals surface area contributed by atoms with Gasteiger partial charge in [-0.05, 0) is 26.0 Å². The van der Waals surface area contributed by atoms with Gasteiger partial charge in [0, 0.05) is 12.3 Å². The van der Waals surface area contributed by atoms with Gasteiger partial charge in [-0.3, -0.25) is 0 Å². The molecule has 0 fully saturated rings. The van der Waals surface area contributed by atoms with Crippen LogP contribution < -0.4 is 10.1 Å². The van der Waals surface area contributed by atoms with Gasteiger partial charge in [0.2, 0.25) is 0 Å². The topological polar surface area (TPSA) is 73.9 Å². The molecule has 0 spiro atoms. The maximum absolute atomic E-state index is 11.8. The molecule has 0 unspecified atom stereocenters. The number of rotatable bonds is 7. The number of esters is 2. The van der Waals surface area contributed by atoms with Gasteiger partial charge in [0.15, 0.2) is 5.57 Å². The van der Waals surface area contributed by atoms with Gasteiger partial charge in [-0.2, -0.15) is 0 Å². The lowest BCUT2D eigenvalue weighted by Gasteiger charge is -2.09. The van der Waals surface area contributed by atoms with Crippen LogP contribution in [0.5, 0.6) is 5.75 Å². The minimum absolute atomic E-state index is 0.148. The Kier molecular flexibility index (Phi) is 7.25. The number of hydrogen-bond donors (Lipinski definition) is 1. The summed E-state index contributed by atoms with van der Waals surface area (Å²) in [6, 6.07) is 4.95. The normalized spacial score (nSPS) is 9.64. The highest BCUT2D eigenvalue weighted by Crippen LogP contribution is 2.26. The Labute approximate surface area is 134 Å². The molecule has 0 aromatic heterocycles. The fourth-order valence-electron chi connectivity index (χ4n) is 1.51. The molecule has 0 aliphatic rings. The summed E-state index contributed by atoms with van der Waals surface area (Å²) >= 11 is 6.04. The van der Waals surface area contributed by atoms with Crippen molar-refractivity contribution >= 4 is 29.2 Å². The van der Waals surface area contributed by atoms with Crippen molar-refractivity contribution in [3.8, 4) is 5.75 Å². The minimum atomic E-state index is -0.771. The van der Waals surface area contributed by atoms with Gasteiger partial charge in [-0.1, -0.05) is 11.6 Å². The van der Waals surface area contributed by atoms with Gasteiger partial charge in [0.05, 0.1) is 31.0 Å². The Morgan fingerprint density at radius 2 is 1.77 bits per heavy atom. The van der Waals surface area contributed by atoms with Crippen LogP contribution in [0.25, 0.3) is 0 Å². The zero-order chi connectivity index (χ0) is 16.5. The van der Waals surface area contributed by atoms with E-state index in [-0.39, 0.29) is 18.8 Å². The molecule has 0 radical (unpaired) electrons. The van der Waals surface area contributed by atoms with E-state index in [0.717, 1.165) is 0 Å². The van der Waals surface area contributed by atoms with Gasteiger partial charge in [-0.25, -0.2) is 9.59 Å². The largest absolute Gasteiger partial charge is 0.497 e. The molecule has 0 bridgehead atoms. The van der Waals surface area contributed by atoms with Crippen molar-refractivity contribution < 1.29 is 23.8 Å². The molecule has 0 aliphatic heterocycles. The number of ether oxygens (including phenoxy) is 3. The summed E-state index contributed by atoms with van der Waals surface area (Å²) < 4.78 is 14.7. The predicted octanol–water partition coefficient (Wildman–Crippen LogP) is 2.77. The summed E-state index contributed by atoms with van der Waals surface area (Å²) in [4.78, 5) is 23.6. The Balaban J connectivity index is 3.02. The molecule has 0 saturated carbocycles. The molecule has 120 valence electrons. The smallest absolute Gasteiger partial charge is 0.347 e. The number of carbonyl (C=O) groups excluding carboxylic acids is 2. The number of hydrogen-bond acceptors (Lipinski definition) is 6. The zero-order valence-electron chi connectivity index (χ0n) is 12.6. The fourth-order valence-corrected chi connectivity index (χ4v) is 1.68. The van der Waals surface area contributed by atoms with E-state index in [0.29, 0.717) is 16.5 Å². The van der Waals surface area contributed by atoms with E-state index >= 15 is 0 Å². The number of anilines is 1. The summed E-state index contributed by atoms with van der Waals surface area (Å²) in [5, 5.41) is 3.20. The Morgan fingerprint density at radius 1 is 1.18 bits per heavy atom. The molecule has 0 amide bonds. The first-order valence-electron chi connectivity index (χ1n) is 6.67. The van der Waals surface area contributed by atoms with Gasteiger partial charge >= 0.3 is 11.9 Å². The van der Waals surface area contributed by atoms with Crippen LogP contribution in [0, 0.1) is 0 Å². The predicted molar refractivity (Wildman–Crippen MR) is 83.0 cm³/mol. The molecule has 0 aliphatic carbocycles. The first-order valence-corrected chi connectivity index (χ1v) is 7.05. The molecule has 0 saturated heterocycles. The van der Waals surface area contributed by atoms with Crippen LogP contribution in [-0.2, 0) is 19.1 Å². The zero-order valence-corrected chi connectivity index (χ0v) is 13.4. The van der Waals surface area contributed by atoms with E-state index in [4.69, 9.17) is 25.8 Å². The second-order valence-corrected chi connectivity index (χ2v) is 4.40. The average Bonchev–Trinajstić information content (AvgIpc) is 2.49. The van der Waals surface area contributed by atoms with Crippen molar-refractivity contribution in [2.45, 2.75) is 13.8 Å². The first kappa shape index (κ1) is 17.8. The lowest BCUT2D eigenvalue weighted by molar-refractivity contribution is -0.146. The number of halogens is 1. The number of nitrogens with one attached hydrogen (secondary N) is 1. The lowest BCUT2D eigenvalue weighted by atomic mass is 10.2. The summed E-state index contributed by atoms with van der Waals surface area (Å²) in [5.74, 6) is -0.964. The second-order valence-electron chi connectivity index (χ2n) is 3.99. The third kappa shape index (κ3) is 4.96. The van der Waals surface area contributed by atoms with Crippen LogP contribution in [0.2, 0.25) is 5.02 Å². The van der Waals surface area contributed by atoms with Crippen molar-refractivity contribution in [1.82, 2.24) is 0 Å². The highest BCUT2D eigenvalue weighted by molar-refractivity contribution is 6.33. The summed E-state index contributed by atoms with van der Waals surface area (Å²) in [6.45, 7) is 3.59. The maximum Gasteiger partial charge on any atom is 0.347 e. The molecular weight excluding hydrogens is 310 g/mol. The first-order chi connectivity index (χ1) is 10.5. The van der Waals surface area contributed by atoms with Crippen LogP contribution in [0.1, 0.15) is 13.8 Å². The molecule has 22 heavy (non-hydrogen) atoms. The summed E-state index contributed by atoms with van der Waals surface area (Å²) in [7, 11) is 1.52. The maximum atomic E-state index is 11.8. The van der Waals surface area contributed by atoms with E-state index in [1.807, 2.05) is 0 Å². The fraction of sp³-hybridized carbons (Fsp3) is 0.333. The number of methoxy groups -OCH3 is 1. The summed E-state index contributed by atoms with van der Waals surface area (Å²) in [5.41, 5.74) is 0.231. The van der Waals surface area contributed by atoms with Gasteiger partial charge in [0.25, 0.3) is 0 Å². The molecule has 1 rings (SSSR count). The van der Waals surface area contributed by atoms with Crippen LogP contribution >= 0.6 is 11.6 Å². The van der Waals surface area contributed by atoms with Gasteiger partial charge in [-0.15, -0.1) is 0 Å². The second kappa shape index (κ2) is 8.94. The van der Waals surface area contributed by atoms with Crippen molar-refractivity contribution in [1.29, 1.82) is 0 Å². The quantitative estimate of drug-likeness (QED) is 0.359. The molecule has 1 aromatic carbocycles. The van der Waals surface area contributed by atoms with E-state index in [9.17, 15) is 9.59 Å². The molecule has 7 heteroatoms. The highest BCUT2D eigenvalue weighted by Gasteiger charge is 2.21. The SMILES string of the molecule is CCOC(=O)C(=CNc1cc(OC)ccc1Cl)C(=O)OCC. The molecule has 1 aromatic rings. The van der Waals surface area contributed by atoms with E-state index < -0.39 is 11.9 Å². The van der Waals surface area contributed by atoms with Crippen LogP contribution in [-0.4, -0.2) is 32.3 Å². The van der Waals surface area contributed by atoms with Crippen LogP contribution in [0.15, 0.2) is 30.0 Å². The van der Waals surface area contributed by atoms with Gasteiger partial charge < -0.3 is 19.5 Å². The van der Waals surface area contributed by atoms with Gasteiger partial charge in [0.1, 0.15) is 5.75 Å². The van der Waals surface area contributed by atoms with Crippen LogP contribution in [0.4, 0.5) is 5.69 Å². The molecule has 0 atom stereocenters. The van der Waals surface area contributed by atoms with Crippen LogP contribution in [0.3, 0.4) is 0 Å².